The topological polar surface area (TPSA) is 50.8 Å². The van der Waals surface area contributed by atoms with Crippen molar-refractivity contribution in [2.45, 2.75) is 44.4 Å². The molecule has 0 aromatic heterocycles. The number of ether oxygens (including phenoxy) is 2. The van der Waals surface area contributed by atoms with Crippen molar-refractivity contribution < 1.29 is 14.3 Å². The number of fused-ring (bicyclic) bond motifs is 1. The molecule has 0 radical (unpaired) electrons. The zero-order valence-corrected chi connectivity index (χ0v) is 15.2. The van der Waals surface area contributed by atoms with Crippen LogP contribution < -0.4 is 14.8 Å². The van der Waals surface area contributed by atoms with Crippen molar-refractivity contribution in [3.63, 3.8) is 0 Å². The second kappa shape index (κ2) is 6.56. The molecule has 1 fully saturated rings. The fraction of sp³-hybridized carbons (Fsp3) is 0.381. The van der Waals surface area contributed by atoms with Gasteiger partial charge in [-0.3, -0.25) is 0 Å². The highest BCUT2D eigenvalue weighted by Crippen LogP contribution is 2.47. The van der Waals surface area contributed by atoms with E-state index in [1.807, 2.05) is 55.5 Å². The lowest BCUT2D eigenvalue weighted by atomic mass is 10.1. The number of anilines is 1. The van der Waals surface area contributed by atoms with Crippen molar-refractivity contribution in [3.05, 3.63) is 54.1 Å². The Balaban J connectivity index is 1.44. The molecule has 5 nitrogen and oxygen atoms in total. The number of carbonyl (C=O) groups excluding carboxylic acids is 1. The van der Waals surface area contributed by atoms with Crippen LogP contribution in [-0.4, -0.2) is 23.8 Å². The van der Waals surface area contributed by atoms with Crippen LogP contribution in [0.4, 0.5) is 10.5 Å². The Hall–Kier alpha value is -2.69. The molecule has 1 atom stereocenters. The summed E-state index contributed by atoms with van der Waals surface area (Å²) in [6.07, 6.45) is 4.08. The van der Waals surface area contributed by atoms with E-state index in [9.17, 15) is 4.79 Å². The smallest absolute Gasteiger partial charge is 0.322 e. The number of benzene rings is 2. The lowest BCUT2D eigenvalue weighted by Gasteiger charge is -2.25. The van der Waals surface area contributed by atoms with Gasteiger partial charge in [0.2, 0.25) is 0 Å². The number of carbonyl (C=O) groups is 1. The van der Waals surface area contributed by atoms with Gasteiger partial charge in [0.1, 0.15) is 0 Å². The van der Waals surface area contributed by atoms with Crippen LogP contribution in [0, 0.1) is 0 Å². The molecule has 2 aliphatic rings. The molecule has 2 aromatic carbocycles. The number of hydrogen-bond donors (Lipinski definition) is 1. The van der Waals surface area contributed by atoms with Gasteiger partial charge in [-0.1, -0.05) is 30.3 Å². The van der Waals surface area contributed by atoms with Crippen molar-refractivity contribution in [2.24, 2.45) is 0 Å². The third-order valence-corrected chi connectivity index (χ3v) is 5.34. The number of amides is 2. The SMILES string of the molecule is CC(c1ccccc1)N(C)C(=O)Nc1ccc2c(c1)OC1(CCCC1)O2. The first-order valence-corrected chi connectivity index (χ1v) is 9.17. The summed E-state index contributed by atoms with van der Waals surface area (Å²) in [4.78, 5) is 14.3. The largest absolute Gasteiger partial charge is 0.448 e. The van der Waals surface area contributed by atoms with Gasteiger partial charge in [0, 0.05) is 31.6 Å². The maximum atomic E-state index is 12.6. The maximum Gasteiger partial charge on any atom is 0.322 e. The fourth-order valence-corrected chi connectivity index (χ4v) is 3.63. The number of nitrogens with one attached hydrogen (secondary N) is 1. The summed E-state index contributed by atoms with van der Waals surface area (Å²) in [5.41, 5.74) is 1.80. The molecule has 1 N–H and O–H groups in total. The zero-order valence-electron chi connectivity index (χ0n) is 15.2. The normalized spacial score (nSPS) is 17.9. The van der Waals surface area contributed by atoms with Crippen molar-refractivity contribution in [3.8, 4) is 11.5 Å². The van der Waals surface area contributed by atoms with E-state index in [1.165, 1.54) is 0 Å². The Bertz CT molecular complexity index is 800. The van der Waals surface area contributed by atoms with Crippen LogP contribution in [0.2, 0.25) is 0 Å². The van der Waals surface area contributed by atoms with E-state index in [1.54, 1.807) is 11.9 Å². The molecular weight excluding hydrogens is 328 g/mol. The molecule has 0 bridgehead atoms. The predicted octanol–water partition coefficient (Wildman–Crippen LogP) is 4.95. The molecule has 1 aliphatic carbocycles. The van der Waals surface area contributed by atoms with E-state index < -0.39 is 5.79 Å². The van der Waals surface area contributed by atoms with Gasteiger partial charge in [0.25, 0.3) is 5.79 Å². The first-order chi connectivity index (χ1) is 12.6. The van der Waals surface area contributed by atoms with Gasteiger partial charge in [-0.2, -0.15) is 0 Å². The number of rotatable bonds is 3. The lowest BCUT2D eigenvalue weighted by Crippen LogP contribution is -2.34. The van der Waals surface area contributed by atoms with Gasteiger partial charge in [-0.05, 0) is 37.5 Å². The van der Waals surface area contributed by atoms with Crippen molar-refractivity contribution in [1.82, 2.24) is 4.90 Å². The summed E-state index contributed by atoms with van der Waals surface area (Å²) in [5, 5.41) is 2.95. The third kappa shape index (κ3) is 3.09. The first-order valence-electron chi connectivity index (χ1n) is 9.17. The van der Waals surface area contributed by atoms with Gasteiger partial charge >= 0.3 is 6.03 Å². The lowest BCUT2D eigenvalue weighted by molar-refractivity contribution is -0.0716. The van der Waals surface area contributed by atoms with Gasteiger partial charge in [-0.15, -0.1) is 0 Å². The molecule has 136 valence electrons. The van der Waals surface area contributed by atoms with Gasteiger partial charge in [-0.25, -0.2) is 4.79 Å². The number of urea groups is 1. The quantitative estimate of drug-likeness (QED) is 0.850. The predicted molar refractivity (Wildman–Crippen MR) is 101 cm³/mol. The summed E-state index contributed by atoms with van der Waals surface area (Å²) >= 11 is 0. The average Bonchev–Trinajstić information content (AvgIpc) is 3.26. The van der Waals surface area contributed by atoms with Crippen LogP contribution >= 0.6 is 0 Å². The summed E-state index contributed by atoms with van der Waals surface area (Å²) in [5.74, 6) is 0.989. The molecule has 0 saturated heterocycles. The first kappa shape index (κ1) is 16.8. The Morgan fingerprint density at radius 3 is 2.50 bits per heavy atom. The summed E-state index contributed by atoms with van der Waals surface area (Å²) in [6, 6.07) is 15.4. The Morgan fingerprint density at radius 1 is 1.08 bits per heavy atom. The second-order valence-electron chi connectivity index (χ2n) is 7.11. The molecule has 2 amide bonds. The van der Waals surface area contributed by atoms with Crippen LogP contribution in [0.5, 0.6) is 11.5 Å². The van der Waals surface area contributed by atoms with E-state index in [0.29, 0.717) is 11.4 Å². The maximum absolute atomic E-state index is 12.6. The van der Waals surface area contributed by atoms with Crippen LogP contribution in [-0.2, 0) is 0 Å². The highest BCUT2D eigenvalue weighted by Gasteiger charge is 2.44. The van der Waals surface area contributed by atoms with Gasteiger partial charge in [0.05, 0.1) is 6.04 Å². The van der Waals surface area contributed by atoms with E-state index in [2.05, 4.69) is 5.32 Å². The average molecular weight is 352 g/mol. The molecule has 1 heterocycles. The van der Waals surface area contributed by atoms with Crippen LogP contribution in [0.3, 0.4) is 0 Å². The Kier molecular flexibility index (Phi) is 4.23. The summed E-state index contributed by atoms with van der Waals surface area (Å²) < 4.78 is 12.1. The molecule has 5 heteroatoms. The van der Waals surface area contributed by atoms with Gasteiger partial charge < -0.3 is 19.7 Å². The van der Waals surface area contributed by atoms with Gasteiger partial charge in [0.15, 0.2) is 11.5 Å². The second-order valence-corrected chi connectivity index (χ2v) is 7.11. The Morgan fingerprint density at radius 2 is 1.77 bits per heavy atom. The highest BCUT2D eigenvalue weighted by molar-refractivity contribution is 5.89. The van der Waals surface area contributed by atoms with Crippen molar-refractivity contribution in [1.29, 1.82) is 0 Å². The minimum absolute atomic E-state index is 0.0213. The molecule has 2 aromatic rings. The molecule has 1 spiro atoms. The number of hydrogen-bond acceptors (Lipinski definition) is 3. The van der Waals surface area contributed by atoms with E-state index in [0.717, 1.165) is 37.0 Å². The molecule has 26 heavy (non-hydrogen) atoms. The van der Waals surface area contributed by atoms with Crippen molar-refractivity contribution >= 4 is 11.7 Å². The van der Waals surface area contributed by atoms with Crippen LogP contribution in [0.15, 0.2) is 48.5 Å². The summed E-state index contributed by atoms with van der Waals surface area (Å²) in [6.45, 7) is 2.01. The van der Waals surface area contributed by atoms with Crippen LogP contribution in [0.25, 0.3) is 0 Å². The van der Waals surface area contributed by atoms with Crippen molar-refractivity contribution in [2.75, 3.05) is 12.4 Å². The molecule has 1 unspecified atom stereocenters. The summed E-state index contributed by atoms with van der Waals surface area (Å²) in [7, 11) is 1.80. The number of nitrogens with zero attached hydrogens (tertiary/aromatic N) is 1. The fourth-order valence-electron chi connectivity index (χ4n) is 3.63. The standard InChI is InChI=1S/C21H24N2O3/c1-15(16-8-4-3-5-9-16)23(2)20(24)22-17-10-11-18-19(14-17)26-21(25-18)12-6-7-13-21/h3-5,8-11,14-15H,6-7,12-13H2,1-2H3,(H,22,24). The van der Waals surface area contributed by atoms with Crippen LogP contribution in [0.1, 0.15) is 44.2 Å². The molecule has 1 aliphatic heterocycles. The third-order valence-electron chi connectivity index (χ3n) is 5.34. The van der Waals surface area contributed by atoms with E-state index in [4.69, 9.17) is 9.47 Å². The Labute approximate surface area is 153 Å². The molecular formula is C21H24N2O3. The monoisotopic (exact) mass is 352 g/mol. The minimum atomic E-state index is -0.483. The molecule has 4 rings (SSSR count). The van der Waals surface area contributed by atoms with E-state index in [-0.39, 0.29) is 12.1 Å². The highest BCUT2D eigenvalue weighted by atomic mass is 16.7. The zero-order chi connectivity index (χ0) is 18.1. The minimum Gasteiger partial charge on any atom is -0.448 e. The van der Waals surface area contributed by atoms with E-state index >= 15 is 0 Å². The molecule has 1 saturated carbocycles.